The third-order valence-corrected chi connectivity index (χ3v) is 2.10. The van der Waals surface area contributed by atoms with Crippen molar-refractivity contribution in [2.75, 3.05) is 0 Å². The number of hydrogen-bond donors (Lipinski definition) is 0. The van der Waals surface area contributed by atoms with Gasteiger partial charge in [-0.05, 0) is 20.8 Å². The van der Waals surface area contributed by atoms with Crippen LogP contribution in [0.2, 0.25) is 0 Å². The van der Waals surface area contributed by atoms with Crippen molar-refractivity contribution in [3.63, 3.8) is 0 Å². The first-order chi connectivity index (χ1) is 7.18. The van der Waals surface area contributed by atoms with Crippen LogP contribution in [0.3, 0.4) is 0 Å². The van der Waals surface area contributed by atoms with Gasteiger partial charge in [0.1, 0.15) is 18.1 Å². The van der Waals surface area contributed by atoms with Gasteiger partial charge in [0.25, 0.3) is 0 Å². The van der Waals surface area contributed by atoms with Crippen LogP contribution in [0.4, 0.5) is 0 Å². The largest absolute Gasteiger partial charge is 0.356 e. The SMILES string of the molecule is CC(C)O[C@H](C)n1cnc2cncnc21. The topological polar surface area (TPSA) is 52.8 Å². The summed E-state index contributed by atoms with van der Waals surface area (Å²) in [5.74, 6) is 0. The van der Waals surface area contributed by atoms with Crippen LogP contribution in [0.25, 0.3) is 11.2 Å². The summed E-state index contributed by atoms with van der Waals surface area (Å²) in [6.45, 7) is 5.98. The van der Waals surface area contributed by atoms with Crippen molar-refractivity contribution in [1.82, 2.24) is 19.5 Å². The van der Waals surface area contributed by atoms with E-state index in [1.54, 1.807) is 12.5 Å². The Morgan fingerprint density at radius 3 is 2.80 bits per heavy atom. The van der Waals surface area contributed by atoms with Gasteiger partial charge in [0.05, 0.1) is 18.6 Å². The molecule has 5 heteroatoms. The molecule has 2 heterocycles. The van der Waals surface area contributed by atoms with E-state index in [2.05, 4.69) is 15.0 Å². The van der Waals surface area contributed by atoms with Crippen LogP contribution in [0.1, 0.15) is 27.0 Å². The Labute approximate surface area is 88.1 Å². The second-order valence-corrected chi connectivity index (χ2v) is 3.67. The van der Waals surface area contributed by atoms with E-state index in [1.165, 1.54) is 6.33 Å². The fraction of sp³-hybridized carbons (Fsp3) is 0.500. The van der Waals surface area contributed by atoms with Crippen LogP contribution >= 0.6 is 0 Å². The highest BCUT2D eigenvalue weighted by Crippen LogP contribution is 2.16. The van der Waals surface area contributed by atoms with E-state index in [9.17, 15) is 0 Å². The van der Waals surface area contributed by atoms with E-state index in [0.717, 1.165) is 11.2 Å². The summed E-state index contributed by atoms with van der Waals surface area (Å²) in [4.78, 5) is 12.3. The van der Waals surface area contributed by atoms with Gasteiger partial charge in [-0.2, -0.15) is 0 Å². The number of ether oxygens (including phenoxy) is 1. The molecular weight excluding hydrogens is 192 g/mol. The van der Waals surface area contributed by atoms with E-state index in [0.29, 0.717) is 0 Å². The minimum absolute atomic E-state index is 0.0649. The highest BCUT2D eigenvalue weighted by molar-refractivity contribution is 5.68. The summed E-state index contributed by atoms with van der Waals surface area (Å²) in [5, 5.41) is 0. The predicted octanol–water partition coefficient (Wildman–Crippen LogP) is 1.77. The zero-order valence-corrected chi connectivity index (χ0v) is 9.08. The Morgan fingerprint density at radius 2 is 2.07 bits per heavy atom. The Kier molecular flexibility index (Phi) is 2.64. The van der Waals surface area contributed by atoms with Crippen molar-refractivity contribution in [1.29, 1.82) is 0 Å². The maximum atomic E-state index is 5.67. The normalized spacial score (nSPS) is 13.6. The number of imidazole rings is 1. The highest BCUT2D eigenvalue weighted by atomic mass is 16.5. The fourth-order valence-electron chi connectivity index (χ4n) is 1.51. The number of fused-ring (bicyclic) bond motifs is 1. The van der Waals surface area contributed by atoms with Crippen molar-refractivity contribution in [2.24, 2.45) is 0 Å². The monoisotopic (exact) mass is 206 g/mol. The maximum Gasteiger partial charge on any atom is 0.165 e. The number of aromatic nitrogens is 4. The molecule has 0 aliphatic rings. The Hall–Kier alpha value is -1.49. The van der Waals surface area contributed by atoms with Crippen molar-refractivity contribution in [3.05, 3.63) is 18.9 Å². The molecule has 5 nitrogen and oxygen atoms in total. The smallest absolute Gasteiger partial charge is 0.165 e. The summed E-state index contributed by atoms with van der Waals surface area (Å²) < 4.78 is 7.57. The van der Waals surface area contributed by atoms with E-state index in [-0.39, 0.29) is 12.3 Å². The molecule has 0 fully saturated rings. The number of rotatable bonds is 3. The van der Waals surface area contributed by atoms with Gasteiger partial charge >= 0.3 is 0 Å². The quantitative estimate of drug-likeness (QED) is 0.768. The molecule has 15 heavy (non-hydrogen) atoms. The first-order valence-corrected chi connectivity index (χ1v) is 4.96. The van der Waals surface area contributed by atoms with Gasteiger partial charge in [0.15, 0.2) is 5.65 Å². The van der Waals surface area contributed by atoms with Crippen molar-refractivity contribution < 1.29 is 4.74 Å². The first kappa shape index (κ1) is 10.0. The molecule has 0 aliphatic heterocycles. The van der Waals surface area contributed by atoms with E-state index in [1.807, 2.05) is 25.3 Å². The third kappa shape index (κ3) is 1.97. The molecule has 0 aromatic carbocycles. The van der Waals surface area contributed by atoms with Gasteiger partial charge in [-0.15, -0.1) is 0 Å². The molecule has 0 amide bonds. The first-order valence-electron chi connectivity index (χ1n) is 4.96. The van der Waals surface area contributed by atoms with Gasteiger partial charge in [0, 0.05) is 0 Å². The molecule has 0 bridgehead atoms. The lowest BCUT2D eigenvalue weighted by Crippen LogP contribution is -2.13. The van der Waals surface area contributed by atoms with Gasteiger partial charge < -0.3 is 4.74 Å². The van der Waals surface area contributed by atoms with E-state index < -0.39 is 0 Å². The molecule has 0 aliphatic carbocycles. The molecule has 1 atom stereocenters. The van der Waals surface area contributed by atoms with Crippen LogP contribution in [0.5, 0.6) is 0 Å². The Balaban J connectivity index is 2.35. The molecule has 0 radical (unpaired) electrons. The van der Waals surface area contributed by atoms with Crippen molar-refractivity contribution in [2.45, 2.75) is 33.1 Å². The van der Waals surface area contributed by atoms with Gasteiger partial charge in [-0.1, -0.05) is 0 Å². The highest BCUT2D eigenvalue weighted by Gasteiger charge is 2.11. The van der Waals surface area contributed by atoms with Crippen LogP contribution in [0.15, 0.2) is 18.9 Å². The molecular formula is C10H14N4O. The molecule has 0 saturated heterocycles. The van der Waals surface area contributed by atoms with Crippen LogP contribution in [-0.4, -0.2) is 25.6 Å². The van der Waals surface area contributed by atoms with Crippen molar-refractivity contribution >= 4 is 11.2 Å². The van der Waals surface area contributed by atoms with Crippen LogP contribution in [0, 0.1) is 0 Å². The summed E-state index contributed by atoms with van der Waals surface area (Å²) >= 11 is 0. The van der Waals surface area contributed by atoms with Gasteiger partial charge in [0.2, 0.25) is 0 Å². The molecule has 80 valence electrons. The second-order valence-electron chi connectivity index (χ2n) is 3.67. The van der Waals surface area contributed by atoms with Crippen LogP contribution < -0.4 is 0 Å². The van der Waals surface area contributed by atoms with E-state index >= 15 is 0 Å². The lowest BCUT2D eigenvalue weighted by molar-refractivity contribution is -0.0229. The Bertz CT molecular complexity index is 451. The summed E-state index contributed by atoms with van der Waals surface area (Å²) in [6.07, 6.45) is 5.06. The average molecular weight is 206 g/mol. The Morgan fingerprint density at radius 1 is 1.27 bits per heavy atom. The molecule has 0 spiro atoms. The van der Waals surface area contributed by atoms with E-state index in [4.69, 9.17) is 4.74 Å². The molecule has 2 aromatic rings. The molecule has 2 aromatic heterocycles. The fourth-order valence-corrected chi connectivity index (χ4v) is 1.51. The lowest BCUT2D eigenvalue weighted by Gasteiger charge is -2.17. The zero-order chi connectivity index (χ0) is 10.8. The molecule has 0 saturated carbocycles. The number of nitrogens with zero attached hydrogens (tertiary/aromatic N) is 4. The van der Waals surface area contributed by atoms with Crippen molar-refractivity contribution in [3.8, 4) is 0 Å². The molecule has 0 unspecified atom stereocenters. The maximum absolute atomic E-state index is 5.67. The second kappa shape index (κ2) is 3.94. The summed E-state index contributed by atoms with van der Waals surface area (Å²) in [7, 11) is 0. The summed E-state index contributed by atoms with van der Waals surface area (Å²) in [5.41, 5.74) is 1.59. The average Bonchev–Trinajstić information content (AvgIpc) is 2.59. The number of hydrogen-bond acceptors (Lipinski definition) is 4. The molecule has 0 N–H and O–H groups in total. The lowest BCUT2D eigenvalue weighted by atomic mass is 10.4. The standard InChI is InChI=1S/C10H14N4O/c1-7(2)15-8(3)14-6-13-9-4-11-5-12-10(9)14/h4-8H,1-3H3/t8-/m1/s1. The summed E-state index contributed by atoms with van der Waals surface area (Å²) in [6, 6.07) is 0. The third-order valence-electron chi connectivity index (χ3n) is 2.10. The van der Waals surface area contributed by atoms with Crippen LogP contribution in [-0.2, 0) is 4.74 Å². The molecule has 2 rings (SSSR count). The minimum atomic E-state index is -0.0649. The minimum Gasteiger partial charge on any atom is -0.356 e. The predicted molar refractivity (Wildman–Crippen MR) is 56.3 cm³/mol. The van der Waals surface area contributed by atoms with Gasteiger partial charge in [-0.25, -0.2) is 15.0 Å². The zero-order valence-electron chi connectivity index (χ0n) is 9.08. The van der Waals surface area contributed by atoms with Gasteiger partial charge in [-0.3, -0.25) is 4.57 Å².